The van der Waals surface area contributed by atoms with Crippen LogP contribution in [0, 0.1) is 11.3 Å². The molecule has 1 aromatic carbocycles. The van der Waals surface area contributed by atoms with Crippen molar-refractivity contribution in [3.8, 4) is 6.07 Å². The highest BCUT2D eigenvalue weighted by Gasteiger charge is 2.34. The zero-order valence-corrected chi connectivity index (χ0v) is 11.7. The Morgan fingerprint density at radius 2 is 2.15 bits per heavy atom. The van der Waals surface area contributed by atoms with Crippen molar-refractivity contribution >= 4 is 29.2 Å². The second kappa shape index (κ2) is 5.35. The highest BCUT2D eigenvalue weighted by atomic mass is 35.5. The molecule has 0 aliphatic carbocycles. The normalized spacial score (nSPS) is 15.7. The van der Waals surface area contributed by atoms with Crippen molar-refractivity contribution in [2.24, 2.45) is 0 Å². The summed E-state index contributed by atoms with van der Waals surface area (Å²) in [6.45, 7) is 1.80. The van der Waals surface area contributed by atoms with Gasteiger partial charge in [-0.1, -0.05) is 17.7 Å². The van der Waals surface area contributed by atoms with Gasteiger partial charge in [-0.15, -0.1) is 0 Å². The highest BCUT2D eigenvalue weighted by Crippen LogP contribution is 2.35. The molecule has 0 radical (unpaired) electrons. The van der Waals surface area contributed by atoms with Crippen LogP contribution in [0.25, 0.3) is 5.70 Å². The first-order valence-electron chi connectivity index (χ1n) is 5.90. The molecule has 0 N–H and O–H groups in total. The molecule has 1 aliphatic rings. The van der Waals surface area contributed by atoms with Crippen LogP contribution in [0.15, 0.2) is 23.8 Å². The lowest BCUT2D eigenvalue weighted by Gasteiger charge is -2.13. The number of benzene rings is 1. The minimum absolute atomic E-state index is 0.155. The van der Waals surface area contributed by atoms with E-state index in [9.17, 15) is 14.9 Å². The standard InChI is InChI=1S/C14H11ClN2O3/c1-3-20-14(19)11(7-16)12-9-5-4-8(15)6-10(9)13(18)17(12)2/h4-6H,3H2,1-2H3/b12-11-. The Bertz CT molecular complexity index is 673. The zero-order chi connectivity index (χ0) is 14.9. The largest absolute Gasteiger partial charge is 0.462 e. The zero-order valence-electron chi connectivity index (χ0n) is 10.9. The van der Waals surface area contributed by atoms with Gasteiger partial charge in [-0.2, -0.15) is 5.26 Å². The molecule has 2 rings (SSSR count). The van der Waals surface area contributed by atoms with E-state index < -0.39 is 5.97 Å². The third kappa shape index (κ3) is 2.15. The maximum absolute atomic E-state index is 12.1. The predicted octanol–water partition coefficient (Wildman–Crippen LogP) is 2.22. The van der Waals surface area contributed by atoms with E-state index in [1.165, 1.54) is 18.0 Å². The molecule has 1 amide bonds. The number of fused-ring (bicyclic) bond motifs is 1. The summed E-state index contributed by atoms with van der Waals surface area (Å²) in [6, 6.07) is 6.55. The molecule has 0 atom stereocenters. The SMILES string of the molecule is CCOC(=O)/C(C#N)=C1/c2ccc(Cl)cc2C(=O)N1C. The van der Waals surface area contributed by atoms with Gasteiger partial charge >= 0.3 is 5.97 Å². The molecule has 6 heteroatoms. The molecule has 1 aliphatic heterocycles. The second-order valence-electron chi connectivity index (χ2n) is 4.11. The average Bonchev–Trinajstić information content (AvgIpc) is 2.65. The fraction of sp³-hybridized carbons (Fsp3) is 0.214. The molecule has 0 unspecified atom stereocenters. The van der Waals surface area contributed by atoms with Crippen molar-refractivity contribution in [2.45, 2.75) is 6.92 Å². The lowest BCUT2D eigenvalue weighted by Crippen LogP contribution is -2.20. The number of hydrogen-bond donors (Lipinski definition) is 0. The van der Waals surface area contributed by atoms with Gasteiger partial charge in [0, 0.05) is 17.6 Å². The van der Waals surface area contributed by atoms with E-state index in [4.69, 9.17) is 16.3 Å². The summed E-state index contributed by atoms with van der Waals surface area (Å²) in [5.41, 5.74) is 0.935. The average molecular weight is 291 g/mol. The van der Waals surface area contributed by atoms with Crippen LogP contribution in [0.4, 0.5) is 0 Å². The molecule has 1 heterocycles. The third-order valence-corrected chi connectivity index (χ3v) is 3.17. The first kappa shape index (κ1) is 14.1. The van der Waals surface area contributed by atoms with Gasteiger partial charge in [0.1, 0.15) is 6.07 Å². The quantitative estimate of drug-likeness (QED) is 0.476. The Kier molecular flexibility index (Phi) is 3.77. The Hall–Kier alpha value is -2.32. The van der Waals surface area contributed by atoms with Crippen LogP contribution in [0.3, 0.4) is 0 Å². The number of amides is 1. The maximum Gasteiger partial charge on any atom is 0.351 e. The van der Waals surface area contributed by atoms with Crippen LogP contribution in [0.2, 0.25) is 5.02 Å². The van der Waals surface area contributed by atoms with Crippen LogP contribution >= 0.6 is 11.6 Å². The predicted molar refractivity (Wildman–Crippen MR) is 72.7 cm³/mol. The molecule has 102 valence electrons. The number of ether oxygens (including phenoxy) is 1. The van der Waals surface area contributed by atoms with Gasteiger partial charge < -0.3 is 9.64 Å². The van der Waals surface area contributed by atoms with E-state index in [0.717, 1.165) is 0 Å². The van der Waals surface area contributed by atoms with E-state index in [2.05, 4.69) is 0 Å². The van der Waals surface area contributed by atoms with Crippen LogP contribution in [0.5, 0.6) is 0 Å². The van der Waals surface area contributed by atoms with Crippen LogP contribution < -0.4 is 0 Å². The maximum atomic E-state index is 12.1. The van der Waals surface area contributed by atoms with Gasteiger partial charge in [0.15, 0.2) is 5.57 Å². The minimum atomic E-state index is -0.743. The molecule has 5 nitrogen and oxygen atoms in total. The van der Waals surface area contributed by atoms with E-state index in [0.29, 0.717) is 16.1 Å². The Labute approximate surface area is 121 Å². The molecule has 0 saturated carbocycles. The van der Waals surface area contributed by atoms with Crippen molar-refractivity contribution in [2.75, 3.05) is 13.7 Å². The fourth-order valence-corrected chi connectivity index (χ4v) is 2.24. The van der Waals surface area contributed by atoms with E-state index in [-0.39, 0.29) is 23.8 Å². The van der Waals surface area contributed by atoms with E-state index in [1.54, 1.807) is 19.1 Å². The monoisotopic (exact) mass is 290 g/mol. The first-order chi connectivity index (χ1) is 9.51. The summed E-state index contributed by atoms with van der Waals surface area (Å²) >= 11 is 5.87. The molecule has 0 spiro atoms. The van der Waals surface area contributed by atoms with Crippen LogP contribution in [-0.4, -0.2) is 30.4 Å². The Balaban J connectivity index is 2.67. The molecule has 0 bridgehead atoms. The number of hydrogen-bond acceptors (Lipinski definition) is 4. The number of nitriles is 1. The number of carbonyl (C=O) groups excluding carboxylic acids is 2. The molecule has 0 saturated heterocycles. The minimum Gasteiger partial charge on any atom is -0.462 e. The molecule has 0 aromatic heterocycles. The fourth-order valence-electron chi connectivity index (χ4n) is 2.06. The molecular weight excluding hydrogens is 280 g/mol. The van der Waals surface area contributed by atoms with Crippen molar-refractivity contribution < 1.29 is 14.3 Å². The summed E-state index contributed by atoms with van der Waals surface area (Å²) in [5.74, 6) is -1.05. The number of halogens is 1. The summed E-state index contributed by atoms with van der Waals surface area (Å²) < 4.78 is 4.85. The van der Waals surface area contributed by atoms with E-state index in [1.807, 2.05) is 6.07 Å². The lowest BCUT2D eigenvalue weighted by molar-refractivity contribution is -0.137. The summed E-state index contributed by atoms with van der Waals surface area (Å²) in [6.07, 6.45) is 0. The number of esters is 1. The number of rotatable bonds is 2. The Morgan fingerprint density at radius 3 is 2.75 bits per heavy atom. The van der Waals surface area contributed by atoms with Gasteiger partial charge in [0.2, 0.25) is 0 Å². The lowest BCUT2D eigenvalue weighted by atomic mass is 10.1. The summed E-state index contributed by atoms with van der Waals surface area (Å²) in [5, 5.41) is 9.61. The highest BCUT2D eigenvalue weighted by molar-refractivity contribution is 6.31. The number of nitrogens with zero attached hydrogens (tertiary/aromatic N) is 2. The molecule has 1 aromatic rings. The van der Waals surface area contributed by atoms with Crippen molar-refractivity contribution in [1.29, 1.82) is 5.26 Å². The van der Waals surface area contributed by atoms with Crippen molar-refractivity contribution in [1.82, 2.24) is 4.90 Å². The molecular formula is C14H11ClN2O3. The molecule has 0 fully saturated rings. The van der Waals surface area contributed by atoms with E-state index >= 15 is 0 Å². The summed E-state index contributed by atoms with van der Waals surface area (Å²) in [7, 11) is 1.50. The first-order valence-corrected chi connectivity index (χ1v) is 6.28. The van der Waals surface area contributed by atoms with Gasteiger partial charge in [-0.25, -0.2) is 4.79 Å². The van der Waals surface area contributed by atoms with Crippen LogP contribution in [0.1, 0.15) is 22.8 Å². The van der Waals surface area contributed by atoms with Crippen molar-refractivity contribution in [3.05, 3.63) is 39.9 Å². The summed E-state index contributed by atoms with van der Waals surface area (Å²) in [4.78, 5) is 25.2. The van der Waals surface area contributed by atoms with Crippen molar-refractivity contribution in [3.63, 3.8) is 0 Å². The third-order valence-electron chi connectivity index (χ3n) is 2.94. The van der Waals surface area contributed by atoms with Gasteiger partial charge in [0.25, 0.3) is 5.91 Å². The molecule has 20 heavy (non-hydrogen) atoms. The van der Waals surface area contributed by atoms with Gasteiger partial charge in [-0.3, -0.25) is 4.79 Å². The Morgan fingerprint density at radius 1 is 1.45 bits per heavy atom. The number of carbonyl (C=O) groups is 2. The van der Waals surface area contributed by atoms with Gasteiger partial charge in [0.05, 0.1) is 17.9 Å². The second-order valence-corrected chi connectivity index (χ2v) is 4.55. The smallest absolute Gasteiger partial charge is 0.351 e. The topological polar surface area (TPSA) is 70.4 Å². The van der Waals surface area contributed by atoms with Crippen LogP contribution in [-0.2, 0) is 9.53 Å². The van der Waals surface area contributed by atoms with Gasteiger partial charge in [-0.05, 0) is 19.1 Å².